The second-order valence-corrected chi connectivity index (χ2v) is 9.84. The van der Waals surface area contributed by atoms with Crippen LogP contribution in [0.1, 0.15) is 11.3 Å². The molecule has 0 amide bonds. The van der Waals surface area contributed by atoms with Crippen LogP contribution in [0.25, 0.3) is 38.6 Å². The van der Waals surface area contributed by atoms with Gasteiger partial charge in [-0.1, -0.05) is 35.0 Å². The van der Waals surface area contributed by atoms with Crippen LogP contribution in [0.15, 0.2) is 71.2 Å². The molecule has 33 heavy (non-hydrogen) atoms. The highest BCUT2D eigenvalue weighted by atomic mass is 32.2. The highest BCUT2D eigenvalue weighted by molar-refractivity contribution is 7.90. The Kier molecular flexibility index (Phi) is 4.72. The number of thiazole rings is 1. The van der Waals surface area contributed by atoms with Crippen LogP contribution in [0.5, 0.6) is 0 Å². The zero-order valence-corrected chi connectivity index (χ0v) is 19.3. The van der Waals surface area contributed by atoms with Gasteiger partial charge in [-0.3, -0.25) is 0 Å². The summed E-state index contributed by atoms with van der Waals surface area (Å²) < 4.78 is 16.8. The topological polar surface area (TPSA) is 97.4 Å². The number of aromatic nitrogens is 7. The highest BCUT2D eigenvalue weighted by Crippen LogP contribution is 2.34. The van der Waals surface area contributed by atoms with Crippen molar-refractivity contribution in [2.24, 2.45) is 0 Å². The highest BCUT2D eigenvalue weighted by Gasteiger charge is 2.24. The normalized spacial score (nSPS) is 12.6. The Morgan fingerprint density at radius 2 is 1.82 bits per heavy atom. The summed E-state index contributed by atoms with van der Waals surface area (Å²) in [6.45, 7) is 3.89. The Balaban J connectivity index is 1.48. The first kappa shape index (κ1) is 20.0. The van der Waals surface area contributed by atoms with Gasteiger partial charge in [0.2, 0.25) is 5.65 Å². The van der Waals surface area contributed by atoms with E-state index in [9.17, 15) is 4.55 Å². The molecule has 0 aliphatic rings. The lowest BCUT2D eigenvalue weighted by molar-refractivity contribution is 0.587. The predicted octanol–water partition coefficient (Wildman–Crippen LogP) is 4.48. The number of benzene rings is 2. The van der Waals surface area contributed by atoms with Crippen LogP contribution in [0.2, 0.25) is 0 Å². The Morgan fingerprint density at radius 3 is 2.67 bits per heavy atom. The minimum absolute atomic E-state index is 0.553. The summed E-state index contributed by atoms with van der Waals surface area (Å²) in [5.74, 6) is 0.671. The molecule has 8 nitrogen and oxygen atoms in total. The van der Waals surface area contributed by atoms with E-state index in [-0.39, 0.29) is 0 Å². The third kappa shape index (κ3) is 3.39. The third-order valence-electron chi connectivity index (χ3n) is 5.28. The summed E-state index contributed by atoms with van der Waals surface area (Å²) in [7, 11) is 0. The summed E-state index contributed by atoms with van der Waals surface area (Å²) in [4.78, 5) is 14.7. The second kappa shape index (κ2) is 7.77. The zero-order chi connectivity index (χ0) is 22.5. The molecule has 10 heteroatoms. The SMILES string of the molecule is Cc1ccc([S+]([O-])n2cc(-c3nc(-n4nnc5ccccc54)cs3)c3nc(C)cnc32)cc1. The molecule has 1 unspecified atom stereocenters. The summed E-state index contributed by atoms with van der Waals surface area (Å²) in [5, 5.41) is 11.1. The van der Waals surface area contributed by atoms with Gasteiger partial charge in [-0.05, 0) is 38.1 Å². The van der Waals surface area contributed by atoms with E-state index in [2.05, 4.69) is 15.3 Å². The number of hydrogen-bond acceptors (Lipinski definition) is 7. The summed E-state index contributed by atoms with van der Waals surface area (Å²) in [6, 6.07) is 15.4. The van der Waals surface area contributed by atoms with Crippen LogP contribution >= 0.6 is 11.3 Å². The molecule has 0 saturated heterocycles. The molecule has 0 radical (unpaired) electrons. The van der Waals surface area contributed by atoms with Crippen LogP contribution < -0.4 is 0 Å². The largest absolute Gasteiger partial charge is 0.587 e. The average molecular weight is 472 g/mol. The molecule has 0 aliphatic carbocycles. The number of rotatable bonds is 4. The number of nitrogens with zero attached hydrogens (tertiary/aromatic N) is 7. The maximum absolute atomic E-state index is 13.4. The number of para-hydroxylation sites is 1. The monoisotopic (exact) mass is 471 g/mol. The molecule has 4 heterocycles. The van der Waals surface area contributed by atoms with Crippen molar-refractivity contribution in [1.29, 1.82) is 0 Å². The van der Waals surface area contributed by atoms with E-state index in [1.165, 1.54) is 11.3 Å². The summed E-state index contributed by atoms with van der Waals surface area (Å²) in [6.07, 6.45) is 3.51. The van der Waals surface area contributed by atoms with Crippen molar-refractivity contribution in [3.05, 3.63) is 77.6 Å². The molecule has 0 bridgehead atoms. The van der Waals surface area contributed by atoms with E-state index in [4.69, 9.17) is 9.97 Å². The molecule has 6 aromatic rings. The lowest BCUT2D eigenvalue weighted by Crippen LogP contribution is -2.12. The van der Waals surface area contributed by atoms with Gasteiger partial charge >= 0.3 is 0 Å². The quantitative estimate of drug-likeness (QED) is 0.352. The van der Waals surface area contributed by atoms with E-state index < -0.39 is 11.4 Å². The first-order valence-corrected chi connectivity index (χ1v) is 12.2. The van der Waals surface area contributed by atoms with Gasteiger partial charge in [0.05, 0.1) is 29.2 Å². The number of hydrogen-bond donors (Lipinski definition) is 0. The Morgan fingerprint density at radius 1 is 1.00 bits per heavy atom. The van der Waals surface area contributed by atoms with Crippen LogP contribution in [-0.2, 0) is 11.4 Å². The van der Waals surface area contributed by atoms with E-state index in [1.54, 1.807) is 14.9 Å². The molecule has 0 spiro atoms. The van der Waals surface area contributed by atoms with Gasteiger partial charge in [0.1, 0.15) is 27.4 Å². The number of aryl methyl sites for hydroxylation is 2. The van der Waals surface area contributed by atoms with Crippen molar-refractivity contribution in [3.63, 3.8) is 0 Å². The maximum Gasteiger partial charge on any atom is 0.206 e. The molecule has 1 atom stereocenters. The van der Waals surface area contributed by atoms with Gasteiger partial charge < -0.3 is 4.55 Å². The molecule has 0 N–H and O–H groups in total. The fourth-order valence-electron chi connectivity index (χ4n) is 3.63. The average Bonchev–Trinajstić information content (AvgIpc) is 3.55. The van der Waals surface area contributed by atoms with E-state index in [1.807, 2.05) is 74.0 Å². The minimum atomic E-state index is -1.47. The Hall–Kier alpha value is -3.60. The smallest absolute Gasteiger partial charge is 0.206 e. The Labute approximate surface area is 195 Å². The fraction of sp³-hybridized carbons (Fsp3) is 0.0870. The molecule has 0 fully saturated rings. The summed E-state index contributed by atoms with van der Waals surface area (Å²) >= 11 is 0.00611. The van der Waals surface area contributed by atoms with Gasteiger partial charge in [-0.2, -0.15) is 4.68 Å². The lowest BCUT2D eigenvalue weighted by Gasteiger charge is -2.10. The molecule has 0 saturated carbocycles. The number of fused-ring (bicyclic) bond motifs is 2. The lowest BCUT2D eigenvalue weighted by atomic mass is 10.2. The van der Waals surface area contributed by atoms with Gasteiger partial charge in [-0.15, -0.1) is 20.4 Å². The second-order valence-electron chi connectivity index (χ2n) is 7.62. The van der Waals surface area contributed by atoms with Gasteiger partial charge in [0.25, 0.3) is 0 Å². The van der Waals surface area contributed by atoms with E-state index in [0.717, 1.165) is 32.9 Å². The molecule has 162 valence electrons. The zero-order valence-electron chi connectivity index (χ0n) is 17.7. The van der Waals surface area contributed by atoms with Crippen LogP contribution in [-0.4, -0.2) is 38.5 Å². The minimum Gasteiger partial charge on any atom is -0.587 e. The maximum atomic E-state index is 13.4. The van der Waals surface area contributed by atoms with Crippen molar-refractivity contribution in [2.45, 2.75) is 18.7 Å². The fourth-order valence-corrected chi connectivity index (χ4v) is 5.51. The standard InChI is InChI=1S/C23H17N7OS2/c1-14-7-9-16(10-8-14)33(31)29-12-17(21-22(29)24-11-15(2)25-21)23-26-20(13-32-23)30-19-6-4-3-5-18(19)27-28-30/h3-13H,1-2H3. The first-order chi connectivity index (χ1) is 16.1. The summed E-state index contributed by atoms with van der Waals surface area (Å²) in [5.41, 5.74) is 5.58. The molecule has 6 rings (SSSR count). The van der Waals surface area contributed by atoms with Crippen molar-refractivity contribution >= 4 is 44.9 Å². The Bertz CT molecular complexity index is 1620. The third-order valence-corrected chi connectivity index (χ3v) is 7.45. The van der Waals surface area contributed by atoms with Crippen molar-refractivity contribution in [2.75, 3.05) is 0 Å². The molecule has 2 aromatic carbocycles. The van der Waals surface area contributed by atoms with E-state index in [0.29, 0.717) is 21.9 Å². The van der Waals surface area contributed by atoms with Gasteiger partial charge in [0.15, 0.2) is 10.7 Å². The molecular weight excluding hydrogens is 454 g/mol. The van der Waals surface area contributed by atoms with Crippen molar-refractivity contribution in [3.8, 4) is 16.4 Å². The van der Waals surface area contributed by atoms with Crippen molar-refractivity contribution < 1.29 is 4.55 Å². The van der Waals surface area contributed by atoms with Gasteiger partial charge in [-0.25, -0.2) is 15.0 Å². The molecule has 0 aliphatic heterocycles. The molecular formula is C23H17N7OS2. The van der Waals surface area contributed by atoms with Crippen LogP contribution in [0, 0.1) is 13.8 Å². The first-order valence-electron chi connectivity index (χ1n) is 10.2. The van der Waals surface area contributed by atoms with Crippen molar-refractivity contribution in [1.82, 2.24) is 33.9 Å². The predicted molar refractivity (Wildman–Crippen MR) is 129 cm³/mol. The van der Waals surface area contributed by atoms with Crippen LogP contribution in [0.3, 0.4) is 0 Å². The van der Waals surface area contributed by atoms with Crippen LogP contribution in [0.4, 0.5) is 0 Å². The molecule has 4 aromatic heterocycles. The van der Waals surface area contributed by atoms with E-state index >= 15 is 0 Å². The van der Waals surface area contributed by atoms with Gasteiger partial charge in [0, 0.05) is 5.38 Å².